The molecule has 24 rings (SSSR count). The minimum atomic E-state index is -0.656. The van der Waals surface area contributed by atoms with E-state index in [1.54, 1.807) is 11.3 Å². The van der Waals surface area contributed by atoms with Crippen LogP contribution in [-0.2, 0) is 32.5 Å². The average Bonchev–Trinajstić information content (AvgIpc) is 1.49. The van der Waals surface area contributed by atoms with Crippen LogP contribution < -0.4 is 0 Å². The third-order valence-electron chi connectivity index (χ3n) is 27.0. The third kappa shape index (κ3) is 8.01. The summed E-state index contributed by atoms with van der Waals surface area (Å²) in [6.07, 6.45) is 1.96. The summed E-state index contributed by atoms with van der Waals surface area (Å²) in [5.41, 5.74) is 41.1. The van der Waals surface area contributed by atoms with Crippen molar-refractivity contribution in [3.8, 4) is 88.9 Å². The molecule has 0 saturated carbocycles. The lowest BCUT2D eigenvalue weighted by molar-refractivity contribution is 0.562. The number of thiazole rings is 1. The predicted octanol–water partition coefficient (Wildman–Crippen LogP) is 25.7. The Hall–Kier alpha value is -13.0. The molecule has 18 aromatic rings. The maximum absolute atomic E-state index is 7.05. The van der Waals surface area contributed by atoms with Crippen LogP contribution in [0.5, 0.6) is 0 Å². The van der Waals surface area contributed by atoms with Gasteiger partial charge in [-0.15, -0.1) is 11.3 Å². The van der Waals surface area contributed by atoms with Gasteiger partial charge in [0, 0.05) is 44.1 Å². The lowest BCUT2D eigenvalue weighted by atomic mass is 9.55. The molecule has 1 unspecified atom stereocenters. The van der Waals surface area contributed by atoms with Crippen molar-refractivity contribution in [2.75, 3.05) is 0 Å². The van der Waals surface area contributed by atoms with Crippen molar-refractivity contribution in [1.29, 1.82) is 0 Å². The van der Waals surface area contributed by atoms with Crippen molar-refractivity contribution in [2.24, 2.45) is 0 Å². The van der Waals surface area contributed by atoms with Crippen LogP contribution in [0.15, 0.2) is 332 Å². The van der Waals surface area contributed by atoms with Gasteiger partial charge in [0.1, 0.15) is 10.5 Å². The summed E-state index contributed by atoms with van der Waals surface area (Å²) in [4.78, 5) is 21.8. The molecule has 6 aliphatic carbocycles. The predicted molar refractivity (Wildman–Crippen MR) is 456 cm³/mol. The van der Waals surface area contributed by atoms with Crippen molar-refractivity contribution >= 4 is 43.7 Å². The minimum Gasteiger partial charge on any atom is -0.436 e. The van der Waals surface area contributed by atoms with Crippen LogP contribution >= 0.6 is 11.3 Å². The van der Waals surface area contributed by atoms with E-state index in [0.29, 0.717) is 5.89 Å². The summed E-state index contributed by atoms with van der Waals surface area (Å²) in [7, 11) is 0. The van der Waals surface area contributed by atoms with E-state index in [1.165, 1.54) is 134 Å². The molecule has 3 heterocycles. The maximum Gasteiger partial charge on any atom is 0.227 e. The van der Waals surface area contributed by atoms with Crippen molar-refractivity contribution in [3.05, 3.63) is 428 Å². The molecule has 1 atom stereocenters. The summed E-state index contributed by atoms with van der Waals surface area (Å²) in [6.45, 7) is 14.4. The fraction of sp³-hybridized carbons (Fsp3) is 0.113. The van der Waals surface area contributed by atoms with Gasteiger partial charge < -0.3 is 4.42 Å². The van der Waals surface area contributed by atoms with Crippen molar-refractivity contribution < 1.29 is 4.42 Å². The van der Waals surface area contributed by atoms with E-state index in [1.807, 2.05) is 6.20 Å². The van der Waals surface area contributed by atoms with Gasteiger partial charge in [-0.05, 0) is 193 Å². The average molecular weight is 1450 g/mol. The fourth-order valence-corrected chi connectivity index (χ4v) is 23.3. The zero-order chi connectivity index (χ0) is 74.5. The van der Waals surface area contributed by atoms with Gasteiger partial charge in [-0.1, -0.05) is 315 Å². The zero-order valence-electron chi connectivity index (χ0n) is 62.8. The number of fused-ring (bicyclic) bond motifs is 30. The second kappa shape index (κ2) is 22.4. The number of hydrogen-bond donors (Lipinski definition) is 0. The molecule has 0 N–H and O–H groups in total. The van der Waals surface area contributed by atoms with Crippen molar-refractivity contribution in [2.45, 2.75) is 74.0 Å². The number of aromatic nitrogens is 4. The second-order valence-corrected chi connectivity index (χ2v) is 34.3. The Bertz CT molecular complexity index is 7130. The van der Waals surface area contributed by atoms with Gasteiger partial charge >= 0.3 is 0 Å². The summed E-state index contributed by atoms with van der Waals surface area (Å²) < 4.78 is 8.18. The lowest BCUT2D eigenvalue weighted by Gasteiger charge is -2.46. The summed E-state index contributed by atoms with van der Waals surface area (Å²) >= 11 is 1.76. The smallest absolute Gasteiger partial charge is 0.227 e. The van der Waals surface area contributed by atoms with Crippen LogP contribution in [0.4, 0.5) is 0 Å². The van der Waals surface area contributed by atoms with Crippen LogP contribution in [0.25, 0.3) is 121 Å². The van der Waals surface area contributed by atoms with E-state index in [-0.39, 0.29) is 16.2 Å². The lowest BCUT2D eigenvalue weighted by Crippen LogP contribution is -2.40. The van der Waals surface area contributed by atoms with Gasteiger partial charge in [0.15, 0.2) is 5.58 Å². The first-order valence-corrected chi connectivity index (χ1v) is 40.0. The van der Waals surface area contributed by atoms with E-state index in [2.05, 4.69) is 363 Å². The second-order valence-electron chi connectivity index (χ2n) is 33.3. The molecule has 3 aromatic heterocycles. The first-order valence-electron chi connectivity index (χ1n) is 39.2. The first-order chi connectivity index (χ1) is 54.8. The molecule has 6 aliphatic rings. The molecule has 0 fully saturated rings. The molecule has 528 valence electrons. The van der Waals surface area contributed by atoms with E-state index in [4.69, 9.17) is 24.4 Å². The van der Waals surface area contributed by atoms with Crippen molar-refractivity contribution in [3.63, 3.8) is 0 Å². The number of para-hydroxylation sites is 1. The summed E-state index contributed by atoms with van der Waals surface area (Å²) in [5, 5.41) is 0.980. The maximum atomic E-state index is 7.05. The molecule has 0 bridgehead atoms. The van der Waals surface area contributed by atoms with Crippen LogP contribution in [0.2, 0.25) is 0 Å². The van der Waals surface area contributed by atoms with Gasteiger partial charge in [0.2, 0.25) is 5.89 Å². The number of benzene rings is 15. The van der Waals surface area contributed by atoms with E-state index in [0.717, 1.165) is 82.0 Å². The van der Waals surface area contributed by atoms with Crippen LogP contribution in [0.3, 0.4) is 0 Å². The normalized spacial score (nSPS) is 16.9. The number of hydrogen-bond acceptors (Lipinski definition) is 6. The molecule has 112 heavy (non-hydrogen) atoms. The molecular formula is C106H72N4OS. The molecule has 0 amide bonds. The molecule has 0 saturated heterocycles. The number of nitrogens with zero attached hydrogens (tertiary/aromatic N) is 4. The van der Waals surface area contributed by atoms with E-state index >= 15 is 0 Å². The topological polar surface area (TPSA) is 64.7 Å². The van der Waals surface area contributed by atoms with Gasteiger partial charge in [-0.25, -0.2) is 15.0 Å². The Morgan fingerprint density at radius 3 is 1.26 bits per heavy atom. The van der Waals surface area contributed by atoms with Crippen LogP contribution in [0.1, 0.15) is 142 Å². The molecule has 5 nitrogen and oxygen atoms in total. The van der Waals surface area contributed by atoms with Gasteiger partial charge in [0.25, 0.3) is 0 Å². The standard InChI is InChI=1S/C106H72N4OS/c1-101(2)78-39-17-21-43-83(78)105(75-36-14-9-28-68(75)69-29-10-15-37-76(69)105)90-56-62(48-52-81(90)101)94-60-107-91-55-51-61(59-93(91)108-94)65-31-24-46-92-98(65)112-100(109-92)64-50-54-86-89(58-64)103(5,6)80-41-19-22-44-84(80)106(86)77-38-16-11-30-72(77)96-70(32-23-45-87(96)106)71-33-25-47-95-97(71)110-99(111-95)63-49-53-85-88(57-63)102(3,4)79-40-18-20-42-82(79)104(85)73-34-12-7-26-66(73)67-27-8-13-35-74(67)104/h7-60H,1-6H3. The molecule has 6 heteroatoms. The van der Waals surface area contributed by atoms with Crippen LogP contribution in [-0.4, -0.2) is 19.9 Å². The van der Waals surface area contributed by atoms with Crippen LogP contribution in [0, 0.1) is 0 Å². The van der Waals surface area contributed by atoms with Crippen molar-refractivity contribution in [1.82, 2.24) is 19.9 Å². The Morgan fingerprint density at radius 2 is 0.661 bits per heavy atom. The Labute approximate surface area is 654 Å². The first kappa shape index (κ1) is 63.9. The zero-order valence-corrected chi connectivity index (χ0v) is 63.6. The number of oxazole rings is 1. The molecular weight excluding hydrogens is 1380 g/mol. The highest BCUT2D eigenvalue weighted by Crippen LogP contribution is 2.67. The van der Waals surface area contributed by atoms with Gasteiger partial charge in [-0.2, -0.15) is 0 Å². The number of rotatable bonds is 5. The minimum absolute atomic E-state index is 0.246. The largest absolute Gasteiger partial charge is 0.436 e. The molecule has 3 spiro atoms. The highest BCUT2D eigenvalue weighted by Gasteiger charge is 2.57. The Kier molecular flexibility index (Phi) is 12.8. The highest BCUT2D eigenvalue weighted by atomic mass is 32.1. The quantitative estimate of drug-likeness (QED) is 0.172. The third-order valence-corrected chi connectivity index (χ3v) is 28.2. The summed E-state index contributed by atoms with van der Waals surface area (Å²) in [5.74, 6) is 0.607. The molecule has 0 radical (unpaired) electrons. The SMILES string of the molecule is CC1(C)c2ccccc2C2(c3ccccc3-c3ccccc32)c2ccc(-c3nc4c(-c5cccc6c5-c5ccccc5C65c6ccccc6C(C)(C)c6cc(-c7nc8cccc(-c9ccc%10ncc(-c%11ccc%12c(c%11)C%11(c%13ccccc%13-c%13ccccc%13%11)c%11ccccc%11C%12(C)C)nc%10c9)c8s7)ccc65)cccc4o3)cc21. The monoisotopic (exact) mass is 1450 g/mol. The Morgan fingerprint density at radius 1 is 0.259 bits per heavy atom. The Balaban J connectivity index is 0.606. The fourth-order valence-electron chi connectivity index (χ4n) is 22.2. The highest BCUT2D eigenvalue weighted by molar-refractivity contribution is 7.22. The molecule has 15 aromatic carbocycles. The van der Waals surface area contributed by atoms with Gasteiger partial charge in [0.05, 0.1) is 49.4 Å². The van der Waals surface area contributed by atoms with E-state index in [9.17, 15) is 0 Å². The summed E-state index contributed by atoms with van der Waals surface area (Å²) in [6, 6.07) is 121. The molecule has 0 aliphatic heterocycles. The van der Waals surface area contributed by atoms with Gasteiger partial charge in [-0.3, -0.25) is 4.98 Å². The van der Waals surface area contributed by atoms with E-state index < -0.39 is 16.2 Å².